The van der Waals surface area contributed by atoms with Crippen LogP contribution >= 0.6 is 0 Å². The Balaban J connectivity index is 1.50. The predicted molar refractivity (Wildman–Crippen MR) is 109 cm³/mol. The molecule has 3 nitrogen and oxygen atoms in total. The third-order valence-corrected chi connectivity index (χ3v) is 6.47. The van der Waals surface area contributed by atoms with Gasteiger partial charge in [-0.05, 0) is 67.7 Å². The van der Waals surface area contributed by atoms with Gasteiger partial charge in [0.2, 0.25) is 0 Å². The first-order chi connectivity index (χ1) is 13.2. The summed E-state index contributed by atoms with van der Waals surface area (Å²) in [5, 5.41) is 4.16. The molecule has 1 aromatic heterocycles. The van der Waals surface area contributed by atoms with E-state index in [4.69, 9.17) is 0 Å². The molecule has 3 atom stereocenters. The molecule has 0 saturated heterocycles. The van der Waals surface area contributed by atoms with Crippen LogP contribution in [0.1, 0.15) is 53.1 Å². The minimum Gasteiger partial charge on any atom is -0.320 e. The summed E-state index contributed by atoms with van der Waals surface area (Å²) in [5.41, 5.74) is 4.91. The lowest BCUT2D eigenvalue weighted by molar-refractivity contribution is 0.102. The fourth-order valence-electron chi connectivity index (χ4n) is 5.22. The van der Waals surface area contributed by atoms with Crippen molar-refractivity contribution in [3.8, 4) is 0 Å². The molecule has 1 amide bonds. The number of fused-ring (bicyclic) bond motifs is 3. The van der Waals surface area contributed by atoms with Crippen molar-refractivity contribution in [2.24, 2.45) is 11.8 Å². The van der Waals surface area contributed by atoms with Gasteiger partial charge < -0.3 is 5.32 Å². The van der Waals surface area contributed by atoms with E-state index < -0.39 is 0 Å². The molecular weight excluding hydrogens is 332 g/mol. The van der Waals surface area contributed by atoms with Crippen LogP contribution in [0.5, 0.6) is 0 Å². The first kappa shape index (κ1) is 16.5. The standard InChI is InChI=1S/C24H24N2O/c1-15-7-10-19(21(12-15)20-14-16-8-9-18(20)13-16)24(27)26-22-6-2-4-17-5-3-11-25-23(17)22/h2-7,10-12,16,18,20H,8-9,13-14H2,1H3,(H,26,27). The Morgan fingerprint density at radius 3 is 2.78 bits per heavy atom. The fraction of sp³-hybridized carbons (Fsp3) is 0.333. The first-order valence-electron chi connectivity index (χ1n) is 9.94. The molecule has 2 bridgehead atoms. The average Bonchev–Trinajstić information content (AvgIpc) is 3.32. The van der Waals surface area contributed by atoms with Crippen LogP contribution < -0.4 is 5.32 Å². The number of anilines is 1. The monoisotopic (exact) mass is 356 g/mol. The van der Waals surface area contributed by atoms with Crippen molar-refractivity contribution in [2.45, 2.75) is 38.5 Å². The van der Waals surface area contributed by atoms with Gasteiger partial charge in [0, 0.05) is 17.1 Å². The van der Waals surface area contributed by atoms with Gasteiger partial charge in [-0.3, -0.25) is 9.78 Å². The zero-order valence-corrected chi connectivity index (χ0v) is 15.6. The lowest BCUT2D eigenvalue weighted by Crippen LogP contribution is -2.18. The lowest BCUT2D eigenvalue weighted by atomic mass is 9.80. The van der Waals surface area contributed by atoms with Crippen molar-refractivity contribution in [2.75, 3.05) is 5.32 Å². The molecule has 3 unspecified atom stereocenters. The van der Waals surface area contributed by atoms with Gasteiger partial charge in [-0.25, -0.2) is 0 Å². The van der Waals surface area contributed by atoms with Crippen LogP contribution in [0.4, 0.5) is 5.69 Å². The maximum Gasteiger partial charge on any atom is 0.256 e. The third-order valence-electron chi connectivity index (χ3n) is 6.47. The molecule has 1 N–H and O–H groups in total. The van der Waals surface area contributed by atoms with Gasteiger partial charge in [-0.2, -0.15) is 0 Å². The van der Waals surface area contributed by atoms with E-state index in [0.717, 1.165) is 34.0 Å². The quantitative estimate of drug-likeness (QED) is 0.654. The Bertz CT molecular complexity index is 1020. The highest BCUT2D eigenvalue weighted by Crippen LogP contribution is 2.53. The molecule has 3 aromatic rings. The maximum atomic E-state index is 13.2. The summed E-state index contributed by atoms with van der Waals surface area (Å²) in [6, 6.07) is 16.1. The maximum absolute atomic E-state index is 13.2. The number of nitrogens with zero attached hydrogens (tertiary/aromatic N) is 1. The molecule has 0 spiro atoms. The molecule has 0 radical (unpaired) electrons. The number of benzene rings is 2. The van der Waals surface area contributed by atoms with E-state index in [1.165, 1.54) is 36.8 Å². The first-order valence-corrected chi connectivity index (χ1v) is 9.94. The van der Waals surface area contributed by atoms with Gasteiger partial charge in [0.15, 0.2) is 0 Å². The molecule has 2 aliphatic carbocycles. The van der Waals surface area contributed by atoms with Gasteiger partial charge in [0.25, 0.3) is 5.91 Å². The van der Waals surface area contributed by atoms with Gasteiger partial charge in [0.05, 0.1) is 11.2 Å². The molecule has 0 aliphatic heterocycles. The van der Waals surface area contributed by atoms with Gasteiger partial charge in [-0.15, -0.1) is 0 Å². The molecule has 2 aliphatic rings. The van der Waals surface area contributed by atoms with Crippen LogP contribution in [0, 0.1) is 18.8 Å². The minimum atomic E-state index is -0.0223. The Kier molecular flexibility index (Phi) is 3.96. The van der Waals surface area contributed by atoms with Crippen LogP contribution in [-0.4, -0.2) is 10.9 Å². The minimum absolute atomic E-state index is 0.0223. The summed E-state index contributed by atoms with van der Waals surface area (Å²) in [6.45, 7) is 2.12. The van der Waals surface area contributed by atoms with Gasteiger partial charge >= 0.3 is 0 Å². The number of rotatable bonds is 3. The highest BCUT2D eigenvalue weighted by molar-refractivity contribution is 6.09. The molecule has 27 heavy (non-hydrogen) atoms. The topological polar surface area (TPSA) is 42.0 Å². The average molecular weight is 356 g/mol. The number of aromatic nitrogens is 1. The van der Waals surface area contributed by atoms with Crippen molar-refractivity contribution in [3.63, 3.8) is 0 Å². The van der Waals surface area contributed by atoms with E-state index in [-0.39, 0.29) is 5.91 Å². The van der Waals surface area contributed by atoms with Crippen molar-refractivity contribution >= 4 is 22.5 Å². The largest absolute Gasteiger partial charge is 0.320 e. The summed E-state index contributed by atoms with van der Waals surface area (Å²) in [5.74, 6) is 2.13. The normalized spacial score (nSPS) is 23.7. The number of pyridine rings is 1. The summed E-state index contributed by atoms with van der Waals surface area (Å²) in [4.78, 5) is 17.7. The number of amides is 1. The molecule has 2 fully saturated rings. The number of carbonyl (C=O) groups is 1. The SMILES string of the molecule is Cc1ccc(C(=O)Nc2cccc3cccnc23)c(C2CC3CCC2C3)c1. The smallest absolute Gasteiger partial charge is 0.256 e. The summed E-state index contributed by atoms with van der Waals surface area (Å²) in [7, 11) is 0. The van der Waals surface area contributed by atoms with Crippen molar-refractivity contribution in [3.05, 3.63) is 71.4 Å². The van der Waals surface area contributed by atoms with Crippen LogP contribution in [0.3, 0.4) is 0 Å². The number of hydrogen-bond donors (Lipinski definition) is 1. The van der Waals surface area contributed by atoms with Crippen molar-refractivity contribution < 1.29 is 4.79 Å². The summed E-state index contributed by atoms with van der Waals surface area (Å²) < 4.78 is 0. The highest BCUT2D eigenvalue weighted by atomic mass is 16.1. The second kappa shape index (κ2) is 6.49. The van der Waals surface area contributed by atoms with Crippen LogP contribution in [-0.2, 0) is 0 Å². The molecule has 136 valence electrons. The Hall–Kier alpha value is -2.68. The molecule has 3 heteroatoms. The summed E-state index contributed by atoms with van der Waals surface area (Å²) in [6.07, 6.45) is 7.04. The lowest BCUT2D eigenvalue weighted by Gasteiger charge is -2.24. The summed E-state index contributed by atoms with van der Waals surface area (Å²) >= 11 is 0. The van der Waals surface area contributed by atoms with Crippen LogP contribution in [0.15, 0.2) is 54.7 Å². The second-order valence-electron chi connectivity index (χ2n) is 8.21. The Labute approximate surface area is 159 Å². The van der Waals surface area contributed by atoms with Gasteiger partial charge in [-0.1, -0.05) is 42.3 Å². The van der Waals surface area contributed by atoms with Crippen LogP contribution in [0.25, 0.3) is 10.9 Å². The third kappa shape index (κ3) is 2.91. The second-order valence-corrected chi connectivity index (χ2v) is 8.21. The van der Waals surface area contributed by atoms with Gasteiger partial charge in [0.1, 0.15) is 0 Å². The zero-order chi connectivity index (χ0) is 18.4. The highest BCUT2D eigenvalue weighted by Gasteiger charge is 2.41. The van der Waals surface area contributed by atoms with E-state index in [1.807, 2.05) is 42.5 Å². The Morgan fingerprint density at radius 1 is 1.07 bits per heavy atom. The molecule has 5 rings (SSSR count). The number of para-hydroxylation sites is 1. The Morgan fingerprint density at radius 2 is 1.96 bits per heavy atom. The number of aryl methyl sites for hydroxylation is 1. The number of nitrogens with one attached hydrogen (secondary N) is 1. The zero-order valence-electron chi connectivity index (χ0n) is 15.6. The predicted octanol–water partition coefficient (Wildman–Crippen LogP) is 5.70. The van der Waals surface area contributed by atoms with E-state index >= 15 is 0 Å². The van der Waals surface area contributed by atoms with Crippen molar-refractivity contribution in [1.29, 1.82) is 0 Å². The fourth-order valence-corrected chi connectivity index (χ4v) is 5.22. The van der Waals surface area contributed by atoms with E-state index in [0.29, 0.717) is 5.92 Å². The number of carbonyl (C=O) groups excluding carboxylic acids is 1. The molecular formula is C24H24N2O. The molecule has 1 heterocycles. The van der Waals surface area contributed by atoms with E-state index in [9.17, 15) is 4.79 Å². The van der Waals surface area contributed by atoms with Crippen molar-refractivity contribution in [1.82, 2.24) is 4.98 Å². The molecule has 2 saturated carbocycles. The van der Waals surface area contributed by atoms with E-state index in [1.54, 1.807) is 6.20 Å². The molecule has 2 aromatic carbocycles. The van der Waals surface area contributed by atoms with Crippen LogP contribution in [0.2, 0.25) is 0 Å². The van der Waals surface area contributed by atoms with E-state index in [2.05, 4.69) is 23.3 Å². The number of hydrogen-bond acceptors (Lipinski definition) is 2.